The van der Waals surface area contributed by atoms with Crippen LogP contribution in [0.2, 0.25) is 5.02 Å². The lowest BCUT2D eigenvalue weighted by molar-refractivity contribution is -0.384. The first-order valence-corrected chi connectivity index (χ1v) is 8.32. The molecule has 0 unspecified atom stereocenters. The molecule has 6 nitrogen and oxygen atoms in total. The second kappa shape index (κ2) is 8.10. The Morgan fingerprint density at radius 2 is 1.60 bits per heavy atom. The maximum Gasteiger partial charge on any atom is 0.269 e. The molecule has 0 bridgehead atoms. The average molecular weight is 423 g/mol. The number of nitrogens with one attached hydrogen (secondary N) is 2. The number of anilines is 1. The molecule has 132 valence electrons. The molecule has 0 aromatic heterocycles. The van der Waals surface area contributed by atoms with Crippen LogP contribution in [-0.4, -0.2) is 20.8 Å². The Morgan fingerprint density at radius 3 is 2.08 bits per heavy atom. The molecule has 0 saturated carbocycles. The van der Waals surface area contributed by atoms with E-state index in [0.29, 0.717) is 16.3 Å². The number of halogens is 4. The van der Waals surface area contributed by atoms with E-state index in [9.17, 15) is 14.9 Å². The number of rotatable bonds is 5. The molecule has 0 heterocycles. The third kappa shape index (κ3) is 5.64. The van der Waals surface area contributed by atoms with Crippen LogP contribution in [0.4, 0.5) is 11.4 Å². The van der Waals surface area contributed by atoms with Crippen LogP contribution in [-0.2, 0) is 0 Å². The summed E-state index contributed by atoms with van der Waals surface area (Å²) in [7, 11) is 0. The Morgan fingerprint density at radius 1 is 1.04 bits per heavy atom. The minimum Gasteiger partial charge on any atom is -0.362 e. The maximum atomic E-state index is 12.3. The Labute approximate surface area is 163 Å². The highest BCUT2D eigenvalue weighted by molar-refractivity contribution is 6.68. The summed E-state index contributed by atoms with van der Waals surface area (Å²) >= 11 is 23.5. The summed E-state index contributed by atoms with van der Waals surface area (Å²) in [5, 5.41) is 16.5. The zero-order chi connectivity index (χ0) is 18.6. The second-order valence-corrected chi connectivity index (χ2v) is 7.71. The Balaban J connectivity index is 2.15. The van der Waals surface area contributed by atoms with E-state index in [2.05, 4.69) is 10.6 Å². The fraction of sp³-hybridized carbons (Fsp3) is 0.133. The second-order valence-electron chi connectivity index (χ2n) is 4.90. The van der Waals surface area contributed by atoms with Gasteiger partial charge in [0.15, 0.2) is 0 Å². The smallest absolute Gasteiger partial charge is 0.269 e. The van der Waals surface area contributed by atoms with E-state index in [1.54, 1.807) is 12.1 Å². The monoisotopic (exact) mass is 421 g/mol. The number of non-ortho nitro benzene ring substituents is 1. The van der Waals surface area contributed by atoms with Crippen LogP contribution in [0.1, 0.15) is 10.4 Å². The van der Waals surface area contributed by atoms with Crippen molar-refractivity contribution in [2.45, 2.75) is 9.96 Å². The van der Waals surface area contributed by atoms with Crippen molar-refractivity contribution in [2.75, 3.05) is 5.32 Å². The van der Waals surface area contributed by atoms with Crippen molar-refractivity contribution < 1.29 is 9.72 Å². The maximum absolute atomic E-state index is 12.3. The molecule has 1 amide bonds. The number of benzene rings is 2. The number of nitrogens with zero attached hydrogens (tertiary/aromatic N) is 1. The van der Waals surface area contributed by atoms with Crippen molar-refractivity contribution in [3.63, 3.8) is 0 Å². The molecule has 0 fully saturated rings. The average Bonchev–Trinajstić information content (AvgIpc) is 2.54. The number of amides is 1. The van der Waals surface area contributed by atoms with Gasteiger partial charge in [-0.25, -0.2) is 0 Å². The molecule has 0 aliphatic heterocycles. The van der Waals surface area contributed by atoms with Crippen molar-refractivity contribution in [3.8, 4) is 0 Å². The van der Waals surface area contributed by atoms with Crippen LogP contribution < -0.4 is 10.6 Å². The van der Waals surface area contributed by atoms with E-state index >= 15 is 0 Å². The predicted molar refractivity (Wildman–Crippen MR) is 99.7 cm³/mol. The van der Waals surface area contributed by atoms with Gasteiger partial charge in [0.1, 0.15) is 6.17 Å². The van der Waals surface area contributed by atoms with Gasteiger partial charge in [-0.15, -0.1) is 0 Å². The third-order valence-corrected chi connectivity index (χ3v) is 4.00. The topological polar surface area (TPSA) is 84.3 Å². The molecular weight excluding hydrogens is 412 g/mol. The lowest BCUT2D eigenvalue weighted by atomic mass is 10.2. The summed E-state index contributed by atoms with van der Waals surface area (Å²) in [6.45, 7) is 0. The molecule has 0 aliphatic rings. The van der Waals surface area contributed by atoms with Crippen LogP contribution in [0.25, 0.3) is 0 Å². The molecule has 2 aromatic carbocycles. The first-order chi connectivity index (χ1) is 11.7. The molecule has 25 heavy (non-hydrogen) atoms. The Kier molecular flexibility index (Phi) is 6.35. The predicted octanol–water partition coefficient (Wildman–Crippen LogP) is 4.79. The molecule has 2 rings (SSSR count). The number of carbonyl (C=O) groups excluding carboxylic acids is 1. The Bertz CT molecular complexity index is 761. The minimum absolute atomic E-state index is 0.0822. The van der Waals surface area contributed by atoms with Gasteiger partial charge < -0.3 is 10.6 Å². The minimum atomic E-state index is -1.87. The number of hydrogen-bond acceptors (Lipinski definition) is 4. The highest BCUT2D eigenvalue weighted by Gasteiger charge is 2.34. The third-order valence-electron chi connectivity index (χ3n) is 3.10. The van der Waals surface area contributed by atoms with Gasteiger partial charge in [0, 0.05) is 28.4 Å². The zero-order valence-corrected chi connectivity index (χ0v) is 15.4. The highest BCUT2D eigenvalue weighted by Crippen LogP contribution is 2.31. The molecule has 2 aromatic rings. The van der Waals surface area contributed by atoms with Crippen LogP contribution in [0, 0.1) is 10.1 Å². The molecule has 0 radical (unpaired) electrons. The summed E-state index contributed by atoms with van der Waals surface area (Å²) in [4.78, 5) is 22.4. The summed E-state index contributed by atoms with van der Waals surface area (Å²) < 4.78 is -1.87. The van der Waals surface area contributed by atoms with Gasteiger partial charge in [-0.1, -0.05) is 46.4 Å². The van der Waals surface area contributed by atoms with Crippen LogP contribution in [0.3, 0.4) is 0 Å². The van der Waals surface area contributed by atoms with Gasteiger partial charge in [0.05, 0.1) is 4.92 Å². The van der Waals surface area contributed by atoms with Crippen molar-refractivity contribution in [1.82, 2.24) is 5.32 Å². The normalized spacial score (nSPS) is 12.3. The van der Waals surface area contributed by atoms with E-state index in [4.69, 9.17) is 46.4 Å². The lowest BCUT2D eigenvalue weighted by Crippen LogP contribution is -2.49. The van der Waals surface area contributed by atoms with Crippen molar-refractivity contribution in [2.24, 2.45) is 0 Å². The number of carbonyl (C=O) groups is 1. The van der Waals surface area contributed by atoms with E-state index < -0.39 is 20.8 Å². The molecular formula is C15H11Cl4N3O3. The van der Waals surface area contributed by atoms with E-state index in [1.807, 2.05) is 0 Å². The molecule has 0 saturated heterocycles. The lowest BCUT2D eigenvalue weighted by Gasteiger charge is -2.27. The number of alkyl halides is 3. The van der Waals surface area contributed by atoms with Crippen molar-refractivity contribution >= 4 is 63.7 Å². The van der Waals surface area contributed by atoms with E-state index in [0.717, 1.165) is 0 Å². The highest BCUT2D eigenvalue weighted by atomic mass is 35.6. The number of hydrogen-bond donors (Lipinski definition) is 2. The molecule has 2 N–H and O–H groups in total. The van der Waals surface area contributed by atoms with Crippen molar-refractivity contribution in [1.29, 1.82) is 0 Å². The van der Waals surface area contributed by atoms with Gasteiger partial charge in [0.2, 0.25) is 3.79 Å². The SMILES string of the molecule is O=C(N[C@@H](Nc1ccc([N+](=O)[O-])cc1)C(Cl)(Cl)Cl)c1ccc(Cl)cc1. The molecule has 10 heteroatoms. The fourth-order valence-corrected chi connectivity index (χ4v) is 2.31. The van der Waals surface area contributed by atoms with Crippen molar-refractivity contribution in [3.05, 3.63) is 69.2 Å². The van der Waals surface area contributed by atoms with Gasteiger partial charge in [-0.05, 0) is 36.4 Å². The molecule has 0 spiro atoms. The zero-order valence-electron chi connectivity index (χ0n) is 12.4. The van der Waals surface area contributed by atoms with Gasteiger partial charge >= 0.3 is 0 Å². The van der Waals surface area contributed by atoms with Crippen LogP contribution in [0.5, 0.6) is 0 Å². The largest absolute Gasteiger partial charge is 0.362 e. The summed E-state index contributed by atoms with van der Waals surface area (Å²) in [6, 6.07) is 11.6. The first kappa shape index (κ1) is 19.6. The number of nitro groups is 1. The first-order valence-electron chi connectivity index (χ1n) is 6.81. The summed E-state index contributed by atoms with van der Waals surface area (Å²) in [5.41, 5.74) is 0.675. The molecule has 1 atom stereocenters. The van der Waals surface area contributed by atoms with Gasteiger partial charge in [-0.3, -0.25) is 14.9 Å². The Hall–Kier alpha value is -1.73. The van der Waals surface area contributed by atoms with Crippen LogP contribution >= 0.6 is 46.4 Å². The number of nitro benzene ring substituents is 1. The fourth-order valence-electron chi connectivity index (χ4n) is 1.86. The van der Waals surface area contributed by atoms with Gasteiger partial charge in [-0.2, -0.15) is 0 Å². The standard InChI is InChI=1S/C15H11Cl4N3O3/c16-10-3-1-9(2-4-10)13(23)21-14(15(17,18)19)20-11-5-7-12(8-6-11)22(24)25/h1-8,14,20H,(H,21,23)/t14-/m1/s1. The summed E-state index contributed by atoms with van der Waals surface area (Å²) in [5.74, 6) is -0.484. The van der Waals surface area contributed by atoms with E-state index in [1.165, 1.54) is 36.4 Å². The van der Waals surface area contributed by atoms with Gasteiger partial charge in [0.25, 0.3) is 11.6 Å². The quantitative estimate of drug-likeness (QED) is 0.314. The summed E-state index contributed by atoms with van der Waals surface area (Å²) in [6.07, 6.45) is -1.08. The van der Waals surface area contributed by atoms with Crippen LogP contribution in [0.15, 0.2) is 48.5 Å². The molecule has 0 aliphatic carbocycles. The van der Waals surface area contributed by atoms with E-state index in [-0.39, 0.29) is 5.69 Å².